The Bertz CT molecular complexity index is 1090. The predicted octanol–water partition coefficient (Wildman–Crippen LogP) is 3.54. The van der Waals surface area contributed by atoms with Crippen LogP contribution in [0, 0.1) is 12.7 Å². The third kappa shape index (κ3) is 2.61. The van der Waals surface area contributed by atoms with E-state index in [9.17, 15) is 4.39 Å². The molecule has 1 aromatic carbocycles. The SMILES string of the molecule is Cc1cc(N(C)C)cc(F)c1-c1cc2c(-c3cnn(C)c3)n[nH]c2cn1. The van der Waals surface area contributed by atoms with Crippen LogP contribution in [0.25, 0.3) is 33.4 Å². The molecule has 0 amide bonds. The summed E-state index contributed by atoms with van der Waals surface area (Å²) in [7, 11) is 5.64. The number of fused-ring (bicyclic) bond motifs is 1. The Labute approximate surface area is 150 Å². The van der Waals surface area contributed by atoms with Gasteiger partial charge in [-0.2, -0.15) is 10.2 Å². The summed E-state index contributed by atoms with van der Waals surface area (Å²) < 4.78 is 16.5. The van der Waals surface area contributed by atoms with E-state index < -0.39 is 0 Å². The lowest BCUT2D eigenvalue weighted by molar-refractivity contribution is 0.629. The summed E-state index contributed by atoms with van der Waals surface area (Å²) in [6, 6.07) is 5.37. The van der Waals surface area contributed by atoms with Crippen LogP contribution in [0.15, 0.2) is 36.8 Å². The Kier molecular flexibility index (Phi) is 3.72. The first-order valence-electron chi connectivity index (χ1n) is 8.25. The van der Waals surface area contributed by atoms with Gasteiger partial charge < -0.3 is 4.90 Å². The molecule has 132 valence electrons. The minimum atomic E-state index is -0.285. The maximum atomic E-state index is 14.8. The second kappa shape index (κ2) is 5.94. The van der Waals surface area contributed by atoms with Crippen molar-refractivity contribution in [2.75, 3.05) is 19.0 Å². The maximum Gasteiger partial charge on any atom is 0.134 e. The van der Waals surface area contributed by atoms with Gasteiger partial charge in [0.15, 0.2) is 0 Å². The van der Waals surface area contributed by atoms with Crippen LogP contribution < -0.4 is 4.90 Å². The number of aryl methyl sites for hydroxylation is 2. The summed E-state index contributed by atoms with van der Waals surface area (Å²) in [5.41, 5.74) is 5.24. The normalized spacial score (nSPS) is 11.3. The minimum Gasteiger partial charge on any atom is -0.378 e. The van der Waals surface area contributed by atoms with Crippen LogP contribution in [0.4, 0.5) is 10.1 Å². The van der Waals surface area contributed by atoms with E-state index in [0.717, 1.165) is 33.4 Å². The Balaban J connectivity index is 1.88. The van der Waals surface area contributed by atoms with Gasteiger partial charge in [0.2, 0.25) is 0 Å². The standard InChI is InChI=1S/C19H19FN6/c1-11-5-13(25(2)3)6-15(20)18(11)16-7-14-17(9-21-16)23-24-19(14)12-8-22-26(4)10-12/h5-10H,1-4H3,(H,23,24). The average molecular weight is 350 g/mol. The molecule has 0 spiro atoms. The van der Waals surface area contributed by atoms with Crippen LogP contribution in [0.1, 0.15) is 5.56 Å². The lowest BCUT2D eigenvalue weighted by Gasteiger charge is -2.16. The van der Waals surface area contributed by atoms with Crippen molar-refractivity contribution in [3.63, 3.8) is 0 Å². The fourth-order valence-corrected chi connectivity index (χ4v) is 3.13. The molecule has 0 saturated carbocycles. The van der Waals surface area contributed by atoms with Crippen LogP contribution in [-0.4, -0.2) is 39.1 Å². The molecule has 0 aliphatic rings. The Morgan fingerprint density at radius 3 is 2.62 bits per heavy atom. The average Bonchev–Trinajstić information content (AvgIpc) is 3.19. The number of halogens is 1. The summed E-state index contributed by atoms with van der Waals surface area (Å²) in [5, 5.41) is 12.4. The number of rotatable bonds is 3. The number of nitrogens with zero attached hydrogens (tertiary/aromatic N) is 5. The molecule has 0 atom stereocenters. The quantitative estimate of drug-likeness (QED) is 0.614. The lowest BCUT2D eigenvalue weighted by atomic mass is 10.0. The topological polar surface area (TPSA) is 62.6 Å². The van der Waals surface area contributed by atoms with Crippen molar-refractivity contribution in [3.8, 4) is 22.5 Å². The van der Waals surface area contributed by atoms with Crippen LogP contribution in [0.3, 0.4) is 0 Å². The van der Waals surface area contributed by atoms with E-state index in [1.54, 1.807) is 17.1 Å². The van der Waals surface area contributed by atoms with Crippen molar-refractivity contribution in [1.82, 2.24) is 25.0 Å². The first kappa shape index (κ1) is 16.3. The molecule has 0 fully saturated rings. The van der Waals surface area contributed by atoms with Gasteiger partial charge in [0, 0.05) is 49.5 Å². The molecule has 0 saturated heterocycles. The Morgan fingerprint density at radius 1 is 1.15 bits per heavy atom. The number of benzene rings is 1. The minimum absolute atomic E-state index is 0.285. The molecule has 3 heterocycles. The summed E-state index contributed by atoms with van der Waals surface area (Å²) in [6.07, 6.45) is 5.34. The molecule has 6 nitrogen and oxygen atoms in total. The number of hydrogen-bond acceptors (Lipinski definition) is 4. The van der Waals surface area contributed by atoms with Crippen LogP contribution in [0.5, 0.6) is 0 Å². The highest BCUT2D eigenvalue weighted by Gasteiger charge is 2.16. The third-order valence-corrected chi connectivity index (χ3v) is 4.47. The molecular weight excluding hydrogens is 331 g/mol. The highest BCUT2D eigenvalue weighted by Crippen LogP contribution is 2.33. The van der Waals surface area contributed by atoms with Gasteiger partial charge in [-0.15, -0.1) is 0 Å². The number of nitrogens with one attached hydrogen (secondary N) is 1. The molecule has 0 radical (unpaired) electrons. The van der Waals surface area contributed by atoms with Gasteiger partial charge in [0.05, 0.1) is 23.6 Å². The van der Waals surface area contributed by atoms with Gasteiger partial charge in [-0.3, -0.25) is 14.8 Å². The van der Waals surface area contributed by atoms with Crippen molar-refractivity contribution in [1.29, 1.82) is 0 Å². The van der Waals surface area contributed by atoms with Gasteiger partial charge in [-0.05, 0) is 30.7 Å². The van der Waals surface area contributed by atoms with Crippen molar-refractivity contribution in [3.05, 3.63) is 48.2 Å². The second-order valence-electron chi connectivity index (χ2n) is 6.60. The van der Waals surface area contributed by atoms with Crippen molar-refractivity contribution < 1.29 is 4.39 Å². The second-order valence-corrected chi connectivity index (χ2v) is 6.60. The Hall–Kier alpha value is -3.22. The van der Waals surface area contributed by atoms with E-state index >= 15 is 0 Å². The summed E-state index contributed by atoms with van der Waals surface area (Å²) >= 11 is 0. The fourth-order valence-electron chi connectivity index (χ4n) is 3.13. The van der Waals surface area contributed by atoms with Gasteiger partial charge in [0.1, 0.15) is 11.5 Å². The first-order valence-corrected chi connectivity index (χ1v) is 8.25. The number of aromatic amines is 1. The summed E-state index contributed by atoms with van der Waals surface area (Å²) in [4.78, 5) is 6.32. The fraction of sp³-hybridized carbons (Fsp3) is 0.211. The predicted molar refractivity (Wildman–Crippen MR) is 101 cm³/mol. The monoisotopic (exact) mass is 350 g/mol. The first-order chi connectivity index (χ1) is 12.4. The van der Waals surface area contributed by atoms with E-state index in [4.69, 9.17) is 0 Å². The van der Waals surface area contributed by atoms with E-state index in [-0.39, 0.29) is 5.82 Å². The number of pyridine rings is 1. The molecule has 0 unspecified atom stereocenters. The van der Waals surface area contributed by atoms with Crippen LogP contribution in [-0.2, 0) is 7.05 Å². The molecule has 0 aliphatic heterocycles. The largest absolute Gasteiger partial charge is 0.378 e. The third-order valence-electron chi connectivity index (χ3n) is 4.47. The van der Waals surface area contributed by atoms with Gasteiger partial charge in [-0.1, -0.05) is 0 Å². The smallest absolute Gasteiger partial charge is 0.134 e. The zero-order chi connectivity index (χ0) is 18.4. The van der Waals surface area contributed by atoms with Gasteiger partial charge in [-0.25, -0.2) is 4.39 Å². The van der Waals surface area contributed by atoms with E-state index in [0.29, 0.717) is 11.3 Å². The summed E-state index contributed by atoms with van der Waals surface area (Å²) in [5.74, 6) is -0.285. The molecular formula is C19H19FN6. The van der Waals surface area contributed by atoms with Gasteiger partial charge in [0.25, 0.3) is 0 Å². The van der Waals surface area contributed by atoms with Crippen molar-refractivity contribution in [2.24, 2.45) is 7.05 Å². The molecule has 0 bridgehead atoms. The number of anilines is 1. The molecule has 7 heteroatoms. The molecule has 3 aromatic heterocycles. The maximum absolute atomic E-state index is 14.8. The zero-order valence-corrected chi connectivity index (χ0v) is 15.1. The molecule has 4 rings (SSSR count). The Morgan fingerprint density at radius 2 is 1.96 bits per heavy atom. The van der Waals surface area contributed by atoms with Crippen LogP contribution >= 0.6 is 0 Å². The van der Waals surface area contributed by atoms with E-state index in [1.807, 2.05) is 51.3 Å². The van der Waals surface area contributed by atoms with Crippen LogP contribution in [0.2, 0.25) is 0 Å². The highest BCUT2D eigenvalue weighted by molar-refractivity contribution is 5.94. The molecule has 0 aliphatic carbocycles. The zero-order valence-electron chi connectivity index (χ0n) is 15.1. The number of aromatic nitrogens is 5. The lowest BCUT2D eigenvalue weighted by Crippen LogP contribution is -2.09. The highest BCUT2D eigenvalue weighted by atomic mass is 19.1. The van der Waals surface area contributed by atoms with E-state index in [1.165, 1.54) is 6.07 Å². The number of hydrogen-bond donors (Lipinski definition) is 1. The van der Waals surface area contributed by atoms with Crippen molar-refractivity contribution >= 4 is 16.6 Å². The molecule has 26 heavy (non-hydrogen) atoms. The molecule has 1 N–H and O–H groups in total. The summed E-state index contributed by atoms with van der Waals surface area (Å²) in [6.45, 7) is 1.90. The van der Waals surface area contributed by atoms with Gasteiger partial charge >= 0.3 is 0 Å². The number of H-pyrrole nitrogens is 1. The van der Waals surface area contributed by atoms with Crippen molar-refractivity contribution in [2.45, 2.75) is 6.92 Å². The van der Waals surface area contributed by atoms with E-state index in [2.05, 4.69) is 20.3 Å². The molecule has 4 aromatic rings.